The minimum Gasteiger partial charge on any atom is -0.339 e. The van der Waals surface area contributed by atoms with Gasteiger partial charge in [0.25, 0.3) is 0 Å². The van der Waals surface area contributed by atoms with E-state index in [9.17, 15) is 4.79 Å². The van der Waals surface area contributed by atoms with Gasteiger partial charge in [-0.3, -0.25) is 4.79 Å². The maximum absolute atomic E-state index is 12.7. The number of carbonyl (C=O) groups excluding carboxylic acids is 1. The van der Waals surface area contributed by atoms with Crippen LogP contribution in [0.2, 0.25) is 0 Å². The molecule has 1 aliphatic heterocycles. The molecule has 1 fully saturated rings. The molecule has 3 heterocycles. The van der Waals surface area contributed by atoms with Crippen LogP contribution in [0, 0.1) is 13.8 Å². The average molecular weight is 445 g/mol. The van der Waals surface area contributed by atoms with Crippen LogP contribution >= 0.6 is 11.3 Å². The highest BCUT2D eigenvalue weighted by Gasteiger charge is 2.35. The molecule has 0 bridgehead atoms. The number of aromatic nitrogens is 3. The van der Waals surface area contributed by atoms with Gasteiger partial charge in [-0.15, -0.1) is 11.3 Å². The monoisotopic (exact) mass is 444 g/mol. The first-order valence-corrected chi connectivity index (χ1v) is 11.7. The van der Waals surface area contributed by atoms with Crippen molar-refractivity contribution in [2.24, 2.45) is 0 Å². The van der Waals surface area contributed by atoms with E-state index < -0.39 is 0 Å². The van der Waals surface area contributed by atoms with Crippen LogP contribution in [0.4, 0.5) is 5.69 Å². The second kappa shape index (κ2) is 8.31. The fourth-order valence-corrected chi connectivity index (χ4v) is 4.71. The third kappa shape index (κ3) is 3.84. The van der Waals surface area contributed by atoms with Gasteiger partial charge in [0.05, 0.1) is 16.6 Å². The molecule has 6 nitrogen and oxygen atoms in total. The molecule has 0 aliphatic carbocycles. The first-order valence-electron chi connectivity index (χ1n) is 10.8. The third-order valence-corrected chi connectivity index (χ3v) is 6.98. The van der Waals surface area contributed by atoms with Gasteiger partial charge in [0, 0.05) is 35.2 Å². The number of amides is 1. The van der Waals surface area contributed by atoms with Crippen LogP contribution in [0.25, 0.3) is 22.6 Å². The second-order valence-corrected chi connectivity index (χ2v) is 9.13. The van der Waals surface area contributed by atoms with Crippen molar-refractivity contribution in [1.82, 2.24) is 15.1 Å². The topological polar surface area (TPSA) is 72.1 Å². The van der Waals surface area contributed by atoms with Crippen molar-refractivity contribution in [2.45, 2.75) is 39.5 Å². The van der Waals surface area contributed by atoms with Crippen molar-refractivity contribution in [3.8, 4) is 22.6 Å². The van der Waals surface area contributed by atoms with Gasteiger partial charge in [0.1, 0.15) is 0 Å². The summed E-state index contributed by atoms with van der Waals surface area (Å²) in [4.78, 5) is 23.8. The molecular formula is C25H24N4O2S. The van der Waals surface area contributed by atoms with Crippen LogP contribution in [0.15, 0.2) is 52.4 Å². The fourth-order valence-electron chi connectivity index (χ4n) is 3.96. The van der Waals surface area contributed by atoms with Crippen LogP contribution in [0.3, 0.4) is 0 Å². The Morgan fingerprint density at radius 1 is 1.09 bits per heavy atom. The molecule has 0 spiro atoms. The molecule has 5 rings (SSSR count). The summed E-state index contributed by atoms with van der Waals surface area (Å²) in [6, 6.07) is 14.1. The lowest BCUT2D eigenvalue weighted by molar-refractivity contribution is -0.117. The molecule has 2 aromatic heterocycles. The molecule has 0 N–H and O–H groups in total. The number of nitrogens with zero attached hydrogens (tertiary/aromatic N) is 4. The maximum Gasteiger partial charge on any atom is 0.232 e. The number of hydrogen-bond donors (Lipinski definition) is 0. The van der Waals surface area contributed by atoms with Crippen molar-refractivity contribution in [3.63, 3.8) is 0 Å². The Kier molecular flexibility index (Phi) is 5.35. The highest BCUT2D eigenvalue weighted by atomic mass is 32.1. The smallest absolute Gasteiger partial charge is 0.232 e. The van der Waals surface area contributed by atoms with Gasteiger partial charge >= 0.3 is 0 Å². The number of benzene rings is 2. The van der Waals surface area contributed by atoms with Crippen molar-refractivity contribution < 1.29 is 9.32 Å². The zero-order valence-electron chi connectivity index (χ0n) is 18.3. The Morgan fingerprint density at radius 2 is 1.94 bits per heavy atom. The lowest BCUT2D eigenvalue weighted by atomic mass is 10.1. The lowest BCUT2D eigenvalue weighted by Crippen LogP contribution is -2.24. The Labute approximate surface area is 190 Å². The number of carbonyl (C=O) groups is 1. The van der Waals surface area contributed by atoms with E-state index in [1.54, 1.807) is 11.3 Å². The van der Waals surface area contributed by atoms with Gasteiger partial charge in [0.15, 0.2) is 0 Å². The Hall–Kier alpha value is -3.32. The minimum absolute atomic E-state index is 0.0789. The van der Waals surface area contributed by atoms with Gasteiger partial charge < -0.3 is 9.42 Å². The summed E-state index contributed by atoms with van der Waals surface area (Å²) < 4.78 is 5.59. The minimum atomic E-state index is -0.112. The molecular weight excluding hydrogens is 420 g/mol. The fraction of sp³-hybridized carbons (Fsp3) is 0.280. The largest absolute Gasteiger partial charge is 0.339 e. The van der Waals surface area contributed by atoms with Gasteiger partial charge in [0.2, 0.25) is 17.6 Å². The van der Waals surface area contributed by atoms with Gasteiger partial charge in [-0.25, -0.2) is 4.98 Å². The molecule has 1 atom stereocenters. The number of thiazole rings is 1. The first kappa shape index (κ1) is 20.6. The number of anilines is 1. The summed E-state index contributed by atoms with van der Waals surface area (Å²) in [6.07, 6.45) is 1.30. The highest BCUT2D eigenvalue weighted by molar-refractivity contribution is 7.09. The summed E-state index contributed by atoms with van der Waals surface area (Å²) in [7, 11) is 0. The standard InChI is InChI=1S/C25H24N4O2S/c1-4-22-26-21(14-32-22)17-6-5-7-18(11-17)24-27-25(31-28-24)19-12-23(30)29(13-19)20-9-8-15(2)16(3)10-20/h5-11,14,19H,4,12-13H2,1-3H3/t19-/m0/s1. The SMILES string of the molecule is CCc1nc(-c2cccc(-c3noc([C@H]4CC(=O)N(c5ccc(C)c(C)c5)C4)n3)c2)cs1. The van der Waals surface area contributed by atoms with Crippen LogP contribution in [-0.4, -0.2) is 27.6 Å². The zero-order chi connectivity index (χ0) is 22.2. The van der Waals surface area contributed by atoms with E-state index in [0.717, 1.165) is 33.9 Å². The number of hydrogen-bond acceptors (Lipinski definition) is 6. The van der Waals surface area contributed by atoms with Crippen molar-refractivity contribution >= 4 is 22.9 Å². The molecule has 2 aromatic carbocycles. The molecule has 7 heteroatoms. The number of rotatable bonds is 5. The van der Waals surface area contributed by atoms with Crippen molar-refractivity contribution in [1.29, 1.82) is 0 Å². The lowest BCUT2D eigenvalue weighted by Gasteiger charge is -2.17. The molecule has 4 aromatic rings. The summed E-state index contributed by atoms with van der Waals surface area (Å²) >= 11 is 1.67. The second-order valence-electron chi connectivity index (χ2n) is 8.19. The van der Waals surface area contributed by atoms with E-state index >= 15 is 0 Å². The maximum atomic E-state index is 12.7. The average Bonchev–Trinajstić information content (AvgIpc) is 3.55. The van der Waals surface area contributed by atoms with E-state index in [-0.39, 0.29) is 11.8 Å². The molecule has 32 heavy (non-hydrogen) atoms. The van der Waals surface area contributed by atoms with Crippen LogP contribution < -0.4 is 4.90 Å². The Bertz CT molecular complexity index is 1290. The van der Waals surface area contributed by atoms with Crippen LogP contribution in [0.1, 0.15) is 41.3 Å². The van der Waals surface area contributed by atoms with Crippen molar-refractivity contribution in [3.05, 3.63) is 69.9 Å². The van der Waals surface area contributed by atoms with Crippen molar-refractivity contribution in [2.75, 3.05) is 11.4 Å². The molecule has 1 aliphatic rings. The quantitative estimate of drug-likeness (QED) is 0.403. The first-order chi connectivity index (χ1) is 15.5. The van der Waals surface area contributed by atoms with E-state index in [4.69, 9.17) is 4.52 Å². The van der Waals surface area contributed by atoms with Gasteiger partial charge in [-0.1, -0.05) is 36.3 Å². The molecule has 1 amide bonds. The molecule has 0 saturated carbocycles. The van der Waals surface area contributed by atoms with Gasteiger partial charge in [-0.2, -0.15) is 4.98 Å². The summed E-state index contributed by atoms with van der Waals surface area (Å²) in [5.74, 6) is 1.01. The Morgan fingerprint density at radius 3 is 2.72 bits per heavy atom. The van der Waals surface area contributed by atoms with E-state index in [2.05, 4.69) is 53.4 Å². The van der Waals surface area contributed by atoms with E-state index in [1.165, 1.54) is 11.1 Å². The predicted molar refractivity (Wildman–Crippen MR) is 126 cm³/mol. The molecule has 0 radical (unpaired) electrons. The molecule has 0 unspecified atom stereocenters. The summed E-state index contributed by atoms with van der Waals surface area (Å²) in [5.41, 5.74) is 6.17. The number of aryl methyl sites for hydroxylation is 3. The third-order valence-electron chi connectivity index (χ3n) is 5.99. The van der Waals surface area contributed by atoms with Crippen LogP contribution in [-0.2, 0) is 11.2 Å². The summed E-state index contributed by atoms with van der Waals surface area (Å²) in [5, 5.41) is 7.39. The zero-order valence-corrected chi connectivity index (χ0v) is 19.1. The molecule has 162 valence electrons. The van der Waals surface area contributed by atoms with E-state index in [0.29, 0.717) is 24.7 Å². The van der Waals surface area contributed by atoms with E-state index in [1.807, 2.05) is 35.2 Å². The summed E-state index contributed by atoms with van der Waals surface area (Å²) in [6.45, 7) is 6.78. The molecule has 1 saturated heterocycles. The van der Waals surface area contributed by atoms with Gasteiger partial charge in [-0.05, 0) is 49.6 Å². The predicted octanol–water partition coefficient (Wildman–Crippen LogP) is 5.56. The van der Waals surface area contributed by atoms with Crippen LogP contribution in [0.5, 0.6) is 0 Å². The normalized spacial score (nSPS) is 16.2. The highest BCUT2D eigenvalue weighted by Crippen LogP contribution is 2.33. The Balaban J connectivity index is 1.37.